The van der Waals surface area contributed by atoms with Crippen LogP contribution in [-0.4, -0.2) is 34.2 Å². The fourth-order valence-electron chi connectivity index (χ4n) is 2.35. The second-order valence-corrected chi connectivity index (χ2v) is 8.77. The van der Waals surface area contributed by atoms with Gasteiger partial charge >= 0.3 is 0 Å². The van der Waals surface area contributed by atoms with Crippen molar-refractivity contribution in [3.8, 4) is 0 Å². The van der Waals surface area contributed by atoms with Crippen molar-refractivity contribution in [1.29, 1.82) is 0 Å². The monoisotopic (exact) mass is 353 g/mol. The molecule has 136 valence electrons. The first kappa shape index (κ1) is 20.5. The Labute approximate surface area is 146 Å². The summed E-state index contributed by atoms with van der Waals surface area (Å²) in [6.45, 7) is 6.06. The molecule has 0 saturated carbocycles. The Morgan fingerprint density at radius 2 is 1.71 bits per heavy atom. The number of sulfone groups is 1. The van der Waals surface area contributed by atoms with E-state index in [1.54, 1.807) is 7.05 Å². The van der Waals surface area contributed by atoms with Gasteiger partial charge in [-0.15, -0.1) is 0 Å². The minimum absolute atomic E-state index is 0.0836. The third-order valence-corrected chi connectivity index (χ3v) is 4.49. The van der Waals surface area contributed by atoms with Crippen molar-refractivity contribution >= 4 is 15.8 Å². The van der Waals surface area contributed by atoms with Crippen LogP contribution >= 0.6 is 0 Å². The molecule has 0 bridgehead atoms. The highest BCUT2D eigenvalue weighted by Gasteiger charge is 2.04. The average Bonchev–Trinajstić information content (AvgIpc) is 2.49. The summed E-state index contributed by atoms with van der Waals surface area (Å²) in [5, 5.41) is 6.59. The van der Waals surface area contributed by atoms with Crippen molar-refractivity contribution in [3.63, 3.8) is 0 Å². The van der Waals surface area contributed by atoms with Crippen molar-refractivity contribution in [2.24, 2.45) is 10.9 Å². The lowest BCUT2D eigenvalue weighted by atomic mass is 10.1. The Bertz CT molecular complexity index is 608. The first-order valence-electron chi connectivity index (χ1n) is 8.50. The van der Waals surface area contributed by atoms with Crippen molar-refractivity contribution in [2.45, 2.75) is 45.4 Å². The maximum atomic E-state index is 11.3. The summed E-state index contributed by atoms with van der Waals surface area (Å²) in [5.74, 6) is 1.63. The molecule has 0 saturated heterocycles. The first-order valence-corrected chi connectivity index (χ1v) is 10.6. The van der Waals surface area contributed by atoms with Crippen molar-refractivity contribution in [1.82, 2.24) is 10.6 Å². The van der Waals surface area contributed by atoms with Crippen LogP contribution in [0.4, 0.5) is 0 Å². The summed E-state index contributed by atoms with van der Waals surface area (Å²) < 4.78 is 22.6. The molecule has 1 aromatic carbocycles. The van der Waals surface area contributed by atoms with Crippen LogP contribution in [0.2, 0.25) is 0 Å². The van der Waals surface area contributed by atoms with Crippen LogP contribution < -0.4 is 10.6 Å². The minimum atomic E-state index is -2.99. The quantitative estimate of drug-likeness (QED) is 0.407. The van der Waals surface area contributed by atoms with Crippen LogP contribution in [0.25, 0.3) is 0 Å². The van der Waals surface area contributed by atoms with Crippen LogP contribution in [0.3, 0.4) is 0 Å². The number of nitrogens with one attached hydrogen (secondary N) is 2. The molecule has 1 rings (SSSR count). The zero-order valence-corrected chi connectivity index (χ0v) is 16.1. The van der Waals surface area contributed by atoms with Crippen LogP contribution in [0.1, 0.15) is 44.2 Å². The minimum Gasteiger partial charge on any atom is -0.356 e. The van der Waals surface area contributed by atoms with Crippen LogP contribution in [0.5, 0.6) is 0 Å². The van der Waals surface area contributed by atoms with E-state index in [9.17, 15) is 8.42 Å². The largest absolute Gasteiger partial charge is 0.356 e. The molecule has 0 aliphatic carbocycles. The van der Waals surface area contributed by atoms with E-state index in [1.165, 1.54) is 19.1 Å². The Morgan fingerprint density at radius 1 is 1.08 bits per heavy atom. The molecular weight excluding hydrogens is 322 g/mol. The second-order valence-electron chi connectivity index (χ2n) is 6.63. The Balaban J connectivity index is 2.35. The zero-order valence-electron chi connectivity index (χ0n) is 15.3. The summed E-state index contributed by atoms with van der Waals surface area (Å²) >= 11 is 0. The molecule has 1 aromatic rings. The Kier molecular flexibility index (Phi) is 8.82. The lowest BCUT2D eigenvalue weighted by molar-refractivity contribution is 0.534. The molecule has 24 heavy (non-hydrogen) atoms. The van der Waals surface area contributed by atoms with Crippen LogP contribution in [0.15, 0.2) is 29.3 Å². The van der Waals surface area contributed by atoms with Crippen LogP contribution in [0, 0.1) is 5.92 Å². The highest BCUT2D eigenvalue weighted by atomic mass is 32.2. The second kappa shape index (κ2) is 10.3. The van der Waals surface area contributed by atoms with E-state index in [-0.39, 0.29) is 5.75 Å². The van der Waals surface area contributed by atoms with Gasteiger partial charge in [0, 0.05) is 26.4 Å². The van der Waals surface area contributed by atoms with Gasteiger partial charge in [-0.2, -0.15) is 0 Å². The highest BCUT2D eigenvalue weighted by molar-refractivity contribution is 7.89. The molecule has 2 N–H and O–H groups in total. The standard InChI is InChI=1S/C18H31N3O2S/c1-15(2)7-5-6-12-20-18(19-3)21-13-16-8-10-17(11-9-16)14-24(4,22)23/h8-11,15H,5-7,12-14H2,1-4H3,(H2,19,20,21). The zero-order chi connectivity index (χ0) is 18.0. The van der Waals surface area contributed by atoms with Crippen molar-refractivity contribution in [3.05, 3.63) is 35.4 Å². The SMILES string of the molecule is CN=C(NCCCCC(C)C)NCc1ccc(CS(C)(=O)=O)cc1. The van der Waals surface area contributed by atoms with E-state index in [0.717, 1.165) is 36.0 Å². The molecule has 6 heteroatoms. The molecule has 0 spiro atoms. The molecular formula is C18H31N3O2S. The fourth-order valence-corrected chi connectivity index (χ4v) is 3.14. The smallest absolute Gasteiger partial charge is 0.191 e. The molecule has 0 aliphatic heterocycles. The number of hydrogen-bond acceptors (Lipinski definition) is 3. The molecule has 0 radical (unpaired) electrons. The number of hydrogen-bond donors (Lipinski definition) is 2. The summed E-state index contributed by atoms with van der Waals surface area (Å²) in [6, 6.07) is 7.62. The van der Waals surface area contributed by atoms with E-state index in [2.05, 4.69) is 29.5 Å². The molecule has 0 aromatic heterocycles. The summed E-state index contributed by atoms with van der Waals surface area (Å²) in [4.78, 5) is 4.22. The number of aliphatic imine (C=N–C) groups is 1. The third-order valence-electron chi connectivity index (χ3n) is 3.64. The van der Waals surface area contributed by atoms with Gasteiger partial charge in [0.15, 0.2) is 15.8 Å². The number of guanidine groups is 1. The van der Waals surface area contributed by atoms with Gasteiger partial charge in [-0.3, -0.25) is 4.99 Å². The summed E-state index contributed by atoms with van der Waals surface area (Å²) in [7, 11) is -1.22. The van der Waals surface area contributed by atoms with Gasteiger partial charge in [-0.05, 0) is 23.5 Å². The summed E-state index contributed by atoms with van der Waals surface area (Å²) in [6.07, 6.45) is 4.87. The van der Waals surface area contributed by atoms with Gasteiger partial charge in [0.2, 0.25) is 0 Å². The molecule has 5 nitrogen and oxygen atoms in total. The predicted octanol–water partition coefficient (Wildman–Crippen LogP) is 2.72. The summed E-state index contributed by atoms with van der Waals surface area (Å²) in [5.41, 5.74) is 1.91. The Hall–Kier alpha value is -1.56. The number of rotatable bonds is 9. The normalized spacial score (nSPS) is 12.5. The average molecular weight is 354 g/mol. The highest BCUT2D eigenvalue weighted by Crippen LogP contribution is 2.08. The van der Waals surface area contributed by atoms with Crippen molar-refractivity contribution in [2.75, 3.05) is 19.8 Å². The van der Waals surface area contributed by atoms with Gasteiger partial charge in [0.25, 0.3) is 0 Å². The third kappa shape index (κ3) is 9.55. The van der Waals surface area contributed by atoms with E-state index in [0.29, 0.717) is 6.54 Å². The molecule has 0 atom stereocenters. The van der Waals surface area contributed by atoms with E-state index in [1.807, 2.05) is 24.3 Å². The van der Waals surface area contributed by atoms with E-state index < -0.39 is 9.84 Å². The molecule has 0 heterocycles. The topological polar surface area (TPSA) is 70.6 Å². The maximum absolute atomic E-state index is 11.3. The first-order chi connectivity index (χ1) is 11.3. The van der Waals surface area contributed by atoms with Gasteiger partial charge in [-0.25, -0.2) is 8.42 Å². The molecule has 0 amide bonds. The predicted molar refractivity (Wildman–Crippen MR) is 102 cm³/mol. The lowest BCUT2D eigenvalue weighted by Crippen LogP contribution is -2.37. The van der Waals surface area contributed by atoms with E-state index in [4.69, 9.17) is 0 Å². The van der Waals surface area contributed by atoms with Gasteiger partial charge in [-0.1, -0.05) is 51.0 Å². The van der Waals surface area contributed by atoms with Crippen molar-refractivity contribution < 1.29 is 8.42 Å². The molecule has 0 aliphatic rings. The van der Waals surface area contributed by atoms with Gasteiger partial charge in [0.05, 0.1) is 5.75 Å². The van der Waals surface area contributed by atoms with E-state index >= 15 is 0 Å². The van der Waals surface area contributed by atoms with Gasteiger partial charge in [0.1, 0.15) is 0 Å². The maximum Gasteiger partial charge on any atom is 0.191 e. The Morgan fingerprint density at radius 3 is 2.25 bits per heavy atom. The molecule has 0 fully saturated rings. The molecule has 0 unspecified atom stereocenters. The number of nitrogens with zero attached hydrogens (tertiary/aromatic N) is 1. The lowest BCUT2D eigenvalue weighted by Gasteiger charge is -2.12. The fraction of sp³-hybridized carbons (Fsp3) is 0.611. The number of unbranched alkanes of at least 4 members (excludes halogenated alkanes) is 1. The number of benzene rings is 1. The van der Waals surface area contributed by atoms with Gasteiger partial charge < -0.3 is 10.6 Å². The van der Waals surface area contributed by atoms with Crippen LogP contribution in [-0.2, 0) is 22.1 Å².